The molecular weight excluding hydrogens is 160 g/mol. The van der Waals surface area contributed by atoms with E-state index < -0.39 is 9.84 Å². The van der Waals surface area contributed by atoms with E-state index in [1.54, 1.807) is 19.9 Å². The van der Waals surface area contributed by atoms with E-state index in [9.17, 15) is 8.42 Å². The van der Waals surface area contributed by atoms with Crippen LogP contribution in [0.5, 0.6) is 0 Å². The van der Waals surface area contributed by atoms with Gasteiger partial charge < -0.3 is 0 Å². The van der Waals surface area contributed by atoms with E-state index in [1.807, 2.05) is 13.8 Å². The summed E-state index contributed by atoms with van der Waals surface area (Å²) in [6.07, 6.45) is 1.70. The lowest BCUT2D eigenvalue weighted by Gasteiger charge is -2.01. The predicted octanol–water partition coefficient (Wildman–Crippen LogP) is 1.98. The summed E-state index contributed by atoms with van der Waals surface area (Å²) in [5.41, 5.74) is 0. The number of sulfone groups is 1. The molecule has 0 aliphatic carbocycles. The van der Waals surface area contributed by atoms with Gasteiger partial charge in [0, 0.05) is 5.41 Å². The molecule has 0 radical (unpaired) electrons. The summed E-state index contributed by atoms with van der Waals surface area (Å²) >= 11 is 0. The van der Waals surface area contributed by atoms with Gasteiger partial charge in [0.15, 0.2) is 9.84 Å². The number of hydrogen-bond acceptors (Lipinski definition) is 2. The van der Waals surface area contributed by atoms with Crippen LogP contribution < -0.4 is 0 Å². The second kappa shape index (κ2) is 3.90. The largest absolute Gasteiger partial charge is 0.224 e. The average Bonchev–Trinajstić information content (AvgIpc) is 1.84. The van der Waals surface area contributed by atoms with Gasteiger partial charge in [-0.15, -0.1) is 0 Å². The van der Waals surface area contributed by atoms with E-state index in [-0.39, 0.29) is 5.25 Å². The lowest BCUT2D eigenvalue weighted by atomic mass is 10.2. The van der Waals surface area contributed by atoms with Crippen LogP contribution in [0.25, 0.3) is 0 Å². The monoisotopic (exact) mass is 176 g/mol. The summed E-state index contributed by atoms with van der Waals surface area (Å²) < 4.78 is 22.3. The first kappa shape index (κ1) is 10.7. The second-order valence-corrected chi connectivity index (χ2v) is 5.60. The Kier molecular flexibility index (Phi) is 3.79. The fourth-order valence-electron chi connectivity index (χ4n) is 0.424. The maximum absolute atomic E-state index is 11.1. The molecule has 0 aromatic carbocycles. The van der Waals surface area contributed by atoms with Crippen LogP contribution in [0, 0.1) is 5.92 Å². The lowest BCUT2D eigenvalue weighted by Crippen LogP contribution is -2.10. The van der Waals surface area contributed by atoms with Gasteiger partial charge in [0.2, 0.25) is 0 Å². The normalized spacial score (nSPS) is 13.6. The summed E-state index contributed by atoms with van der Waals surface area (Å²) in [4.78, 5) is 0. The van der Waals surface area contributed by atoms with Gasteiger partial charge >= 0.3 is 0 Å². The zero-order chi connectivity index (χ0) is 9.07. The molecule has 0 fully saturated rings. The van der Waals surface area contributed by atoms with E-state index >= 15 is 0 Å². The lowest BCUT2D eigenvalue weighted by molar-refractivity contribution is 0.596. The highest BCUT2D eigenvalue weighted by atomic mass is 32.2. The van der Waals surface area contributed by atoms with Gasteiger partial charge in [0.05, 0.1) is 5.25 Å². The van der Waals surface area contributed by atoms with Crippen molar-refractivity contribution in [2.75, 3.05) is 0 Å². The van der Waals surface area contributed by atoms with E-state index in [2.05, 4.69) is 0 Å². The molecule has 0 N–H and O–H groups in total. The predicted molar refractivity (Wildman–Crippen MR) is 48.0 cm³/mol. The van der Waals surface area contributed by atoms with Crippen molar-refractivity contribution in [2.24, 2.45) is 5.92 Å². The number of rotatable bonds is 3. The van der Waals surface area contributed by atoms with Crippen molar-refractivity contribution in [3.8, 4) is 0 Å². The Labute approximate surface area is 69.2 Å². The zero-order valence-electron chi connectivity index (χ0n) is 7.53. The van der Waals surface area contributed by atoms with Gasteiger partial charge in [-0.25, -0.2) is 8.42 Å². The Bertz CT molecular complexity index is 222. The molecule has 0 bridgehead atoms. The van der Waals surface area contributed by atoms with Gasteiger partial charge in [-0.2, -0.15) is 0 Å². The highest BCUT2D eigenvalue weighted by Gasteiger charge is 2.10. The maximum Gasteiger partial charge on any atom is 0.173 e. The highest BCUT2D eigenvalue weighted by Crippen LogP contribution is 2.04. The van der Waals surface area contributed by atoms with Crippen LogP contribution in [-0.4, -0.2) is 13.7 Å². The van der Waals surface area contributed by atoms with Crippen molar-refractivity contribution in [3.63, 3.8) is 0 Å². The van der Waals surface area contributed by atoms with E-state index in [0.29, 0.717) is 5.92 Å². The molecular formula is C8H16O2S. The van der Waals surface area contributed by atoms with Crippen molar-refractivity contribution in [1.29, 1.82) is 0 Å². The molecule has 0 aliphatic heterocycles. The van der Waals surface area contributed by atoms with Crippen LogP contribution in [0.2, 0.25) is 0 Å². The van der Waals surface area contributed by atoms with Crippen LogP contribution in [-0.2, 0) is 9.84 Å². The third-order valence-electron chi connectivity index (χ3n) is 1.31. The molecule has 0 spiro atoms. The first-order chi connectivity index (χ1) is 4.86. The van der Waals surface area contributed by atoms with Crippen molar-refractivity contribution >= 4 is 9.84 Å². The van der Waals surface area contributed by atoms with Crippen LogP contribution in [0.4, 0.5) is 0 Å². The minimum Gasteiger partial charge on any atom is -0.224 e. The Morgan fingerprint density at radius 3 is 1.82 bits per heavy atom. The minimum absolute atomic E-state index is 0.295. The summed E-state index contributed by atoms with van der Waals surface area (Å²) in [5.74, 6) is 0.295. The minimum atomic E-state index is -2.97. The van der Waals surface area contributed by atoms with Gasteiger partial charge in [-0.3, -0.25) is 0 Å². The SMILES string of the molecule is CC(C)/C=C\S(=O)(=O)C(C)C. The number of hydrogen-bond donors (Lipinski definition) is 0. The topological polar surface area (TPSA) is 34.1 Å². The maximum atomic E-state index is 11.1. The molecule has 0 aliphatic rings. The fraction of sp³-hybridized carbons (Fsp3) is 0.750. The molecule has 3 heteroatoms. The molecule has 0 unspecified atom stereocenters. The van der Waals surface area contributed by atoms with Crippen molar-refractivity contribution in [2.45, 2.75) is 32.9 Å². The Morgan fingerprint density at radius 2 is 1.55 bits per heavy atom. The van der Waals surface area contributed by atoms with Gasteiger partial charge in [-0.05, 0) is 19.8 Å². The van der Waals surface area contributed by atoms with Crippen molar-refractivity contribution < 1.29 is 8.42 Å². The van der Waals surface area contributed by atoms with E-state index in [1.165, 1.54) is 5.41 Å². The first-order valence-corrected chi connectivity index (χ1v) is 5.39. The Morgan fingerprint density at radius 1 is 1.09 bits per heavy atom. The molecule has 0 saturated heterocycles. The molecule has 11 heavy (non-hydrogen) atoms. The zero-order valence-corrected chi connectivity index (χ0v) is 8.35. The van der Waals surface area contributed by atoms with Crippen LogP contribution >= 0.6 is 0 Å². The smallest absolute Gasteiger partial charge is 0.173 e. The van der Waals surface area contributed by atoms with Crippen molar-refractivity contribution in [3.05, 3.63) is 11.5 Å². The molecule has 0 saturated carbocycles. The van der Waals surface area contributed by atoms with Gasteiger partial charge in [-0.1, -0.05) is 19.9 Å². The average molecular weight is 176 g/mol. The fourth-order valence-corrected chi connectivity index (χ4v) is 1.27. The molecule has 0 aromatic heterocycles. The number of allylic oxidation sites excluding steroid dienone is 1. The molecule has 66 valence electrons. The highest BCUT2D eigenvalue weighted by molar-refractivity contribution is 7.94. The molecule has 2 nitrogen and oxygen atoms in total. The van der Waals surface area contributed by atoms with Crippen LogP contribution in [0.3, 0.4) is 0 Å². The quantitative estimate of drug-likeness (QED) is 0.659. The van der Waals surface area contributed by atoms with E-state index in [4.69, 9.17) is 0 Å². The van der Waals surface area contributed by atoms with Gasteiger partial charge in [0.1, 0.15) is 0 Å². The van der Waals surface area contributed by atoms with Crippen molar-refractivity contribution in [1.82, 2.24) is 0 Å². The molecule has 0 heterocycles. The first-order valence-electron chi connectivity index (χ1n) is 3.78. The molecule has 0 atom stereocenters. The third kappa shape index (κ3) is 4.19. The summed E-state index contributed by atoms with van der Waals surface area (Å²) in [7, 11) is -2.97. The Balaban J connectivity index is 4.38. The summed E-state index contributed by atoms with van der Waals surface area (Å²) in [5, 5.41) is 1.000. The Hall–Kier alpha value is -0.310. The summed E-state index contributed by atoms with van der Waals surface area (Å²) in [6.45, 7) is 7.26. The third-order valence-corrected chi connectivity index (χ3v) is 3.16. The molecule has 0 rings (SSSR count). The van der Waals surface area contributed by atoms with Crippen LogP contribution in [0.1, 0.15) is 27.7 Å². The van der Waals surface area contributed by atoms with Gasteiger partial charge in [0.25, 0.3) is 0 Å². The van der Waals surface area contributed by atoms with E-state index in [0.717, 1.165) is 0 Å². The molecule has 0 amide bonds. The molecule has 0 aromatic rings. The second-order valence-electron chi connectivity index (χ2n) is 3.21. The van der Waals surface area contributed by atoms with Crippen LogP contribution in [0.15, 0.2) is 11.5 Å². The summed E-state index contributed by atoms with van der Waals surface area (Å²) in [6, 6.07) is 0. The standard InChI is InChI=1S/C8H16O2S/c1-7(2)5-6-11(9,10)8(3)4/h5-8H,1-4H3/b6-5-.